The van der Waals surface area contributed by atoms with Gasteiger partial charge in [-0.05, 0) is 59.8 Å². The molecule has 2 aromatic heterocycles. The molecule has 2 aromatic carbocycles. The molecule has 0 radical (unpaired) electrons. The second-order valence-corrected chi connectivity index (χ2v) is 12.2. The summed E-state index contributed by atoms with van der Waals surface area (Å²) in [6.45, 7) is 3.00. The van der Waals surface area contributed by atoms with Crippen molar-refractivity contribution in [3.05, 3.63) is 75.9 Å². The minimum absolute atomic E-state index is 0.0924. The first-order chi connectivity index (χ1) is 17.7. The van der Waals surface area contributed by atoms with Crippen molar-refractivity contribution in [3.8, 4) is 11.3 Å². The Kier molecular flexibility index (Phi) is 7.35. The first-order valence-electron chi connectivity index (χ1n) is 11.9. The Hall–Kier alpha value is -2.79. The Morgan fingerprint density at radius 1 is 1.14 bits per heavy atom. The molecule has 8 nitrogen and oxygen atoms in total. The van der Waals surface area contributed by atoms with Crippen molar-refractivity contribution in [2.24, 2.45) is 5.92 Å². The van der Waals surface area contributed by atoms with Crippen molar-refractivity contribution in [2.45, 2.75) is 24.7 Å². The van der Waals surface area contributed by atoms with Crippen LogP contribution in [0.2, 0.25) is 5.02 Å². The van der Waals surface area contributed by atoms with Crippen LogP contribution in [0.3, 0.4) is 0 Å². The number of hydrogen-bond acceptors (Lipinski definition) is 6. The second-order valence-electron chi connectivity index (χ2n) is 9.04. The number of rotatable bonds is 7. The lowest BCUT2D eigenvalue weighted by atomic mass is 9.98. The third-order valence-corrected chi connectivity index (χ3v) is 9.42. The number of fused-ring (bicyclic) bond motifs is 1. The molecule has 0 aliphatic carbocycles. The molecular weight excluding hydrogens is 578 g/mol. The number of nitrogens with zero attached hydrogens (tertiary/aromatic N) is 4. The molecule has 0 bridgehead atoms. The van der Waals surface area contributed by atoms with E-state index < -0.39 is 10.0 Å². The molecular formula is C26H25BrClN5O3S. The van der Waals surface area contributed by atoms with E-state index in [0.29, 0.717) is 35.9 Å². The van der Waals surface area contributed by atoms with Gasteiger partial charge >= 0.3 is 0 Å². The number of nitrogens with one attached hydrogen (secondary N) is 1. The van der Waals surface area contributed by atoms with E-state index in [1.165, 1.54) is 23.4 Å². The third kappa shape index (κ3) is 5.29. The first kappa shape index (κ1) is 25.8. The number of Topliss-reactive ketones (excluding diaryl/α,β-unsaturated/α-hetero) is 1. The molecule has 1 aliphatic heterocycles. The van der Waals surface area contributed by atoms with Crippen molar-refractivity contribution >= 4 is 54.8 Å². The zero-order chi connectivity index (χ0) is 26.2. The van der Waals surface area contributed by atoms with Gasteiger partial charge in [0.05, 0.1) is 21.3 Å². The average Bonchev–Trinajstić information content (AvgIpc) is 3.28. The Morgan fingerprint density at radius 3 is 2.51 bits per heavy atom. The number of carbonyl (C=O) groups excluding carboxylic acids is 1. The van der Waals surface area contributed by atoms with Crippen LogP contribution >= 0.6 is 27.5 Å². The first-order valence-corrected chi connectivity index (χ1v) is 14.5. The molecule has 5 rings (SSSR count). The normalized spacial score (nSPS) is 15.2. The summed E-state index contributed by atoms with van der Waals surface area (Å²) in [7, 11) is -3.60. The van der Waals surface area contributed by atoms with E-state index in [1.54, 1.807) is 22.8 Å². The molecule has 0 saturated carbocycles. The predicted molar refractivity (Wildman–Crippen MR) is 148 cm³/mol. The summed E-state index contributed by atoms with van der Waals surface area (Å²) >= 11 is 9.95. The van der Waals surface area contributed by atoms with Gasteiger partial charge in [-0.2, -0.15) is 13.9 Å². The van der Waals surface area contributed by atoms with E-state index in [4.69, 9.17) is 16.6 Å². The zero-order valence-corrected chi connectivity index (χ0v) is 23.2. The zero-order valence-electron chi connectivity index (χ0n) is 20.1. The molecule has 0 unspecified atom stereocenters. The predicted octanol–water partition coefficient (Wildman–Crippen LogP) is 5.53. The number of ketones is 1. The topological polar surface area (TPSA) is 96.7 Å². The maximum Gasteiger partial charge on any atom is 0.243 e. The summed E-state index contributed by atoms with van der Waals surface area (Å²) in [5.41, 5.74) is 2.74. The van der Waals surface area contributed by atoms with Gasteiger partial charge in [0.25, 0.3) is 0 Å². The molecule has 37 heavy (non-hydrogen) atoms. The Labute approximate surface area is 228 Å². The van der Waals surface area contributed by atoms with Crippen LogP contribution in [-0.4, -0.2) is 52.7 Å². The molecule has 1 aliphatic rings. The van der Waals surface area contributed by atoms with E-state index in [2.05, 4.69) is 26.3 Å². The summed E-state index contributed by atoms with van der Waals surface area (Å²) in [5, 5.41) is 8.55. The van der Waals surface area contributed by atoms with Crippen molar-refractivity contribution < 1.29 is 13.2 Å². The number of benzene rings is 2. The average molecular weight is 603 g/mol. The maximum atomic E-state index is 13.1. The summed E-state index contributed by atoms with van der Waals surface area (Å²) in [4.78, 5) is 16.5. The smallest absolute Gasteiger partial charge is 0.243 e. The molecule has 4 aromatic rings. The molecule has 0 spiro atoms. The lowest BCUT2D eigenvalue weighted by Gasteiger charge is -2.31. The quantitative estimate of drug-likeness (QED) is 0.280. The lowest BCUT2D eigenvalue weighted by molar-refractivity contribution is 0.101. The van der Waals surface area contributed by atoms with Gasteiger partial charge in [-0.25, -0.2) is 13.4 Å². The van der Waals surface area contributed by atoms with Crippen LogP contribution in [0.15, 0.2) is 70.2 Å². The Morgan fingerprint density at radius 2 is 1.84 bits per heavy atom. The molecule has 3 heterocycles. The van der Waals surface area contributed by atoms with E-state index in [-0.39, 0.29) is 16.6 Å². The fourth-order valence-corrected chi connectivity index (χ4v) is 6.53. The van der Waals surface area contributed by atoms with Gasteiger partial charge in [-0.3, -0.25) is 4.79 Å². The van der Waals surface area contributed by atoms with Gasteiger partial charge in [0.15, 0.2) is 11.4 Å². The highest BCUT2D eigenvalue weighted by molar-refractivity contribution is 9.10. The van der Waals surface area contributed by atoms with Gasteiger partial charge in [0.1, 0.15) is 5.82 Å². The number of hydrogen-bond donors (Lipinski definition) is 1. The maximum absolute atomic E-state index is 13.1. The van der Waals surface area contributed by atoms with Crippen LogP contribution in [0.4, 0.5) is 5.82 Å². The van der Waals surface area contributed by atoms with Crippen LogP contribution in [0.1, 0.15) is 30.1 Å². The van der Waals surface area contributed by atoms with Gasteiger partial charge in [-0.1, -0.05) is 41.9 Å². The van der Waals surface area contributed by atoms with Crippen LogP contribution in [0.25, 0.3) is 16.9 Å². The number of halogens is 2. The summed E-state index contributed by atoms with van der Waals surface area (Å²) in [6, 6.07) is 15.6. The Balaban J connectivity index is 1.28. The third-order valence-electron chi connectivity index (χ3n) is 6.62. The fourth-order valence-electron chi connectivity index (χ4n) is 4.48. The summed E-state index contributed by atoms with van der Waals surface area (Å²) in [6.07, 6.45) is 3.16. The van der Waals surface area contributed by atoms with Gasteiger partial charge in [0.2, 0.25) is 10.0 Å². The summed E-state index contributed by atoms with van der Waals surface area (Å²) in [5.74, 6) is 0.981. The standard InChI is InChI=1S/C26H25BrClN5O3S/c1-17(34)19-6-8-20(9-7-19)37(35,36)32-12-10-18(11-13-32)15-29-25-14-24(21-4-2-3-5-23(21)28)31-26-22(27)16-30-33(25)26/h2-9,14,16,18,29H,10-13,15H2,1H3. The van der Waals surface area contributed by atoms with E-state index >= 15 is 0 Å². The number of piperidine rings is 1. The second kappa shape index (κ2) is 10.5. The minimum Gasteiger partial charge on any atom is -0.370 e. The van der Waals surface area contributed by atoms with Crippen molar-refractivity contribution in [1.82, 2.24) is 18.9 Å². The van der Waals surface area contributed by atoms with E-state index in [9.17, 15) is 13.2 Å². The molecule has 1 fully saturated rings. The Bertz CT molecular complexity index is 1570. The van der Waals surface area contributed by atoms with Crippen LogP contribution in [-0.2, 0) is 10.0 Å². The number of anilines is 1. The minimum atomic E-state index is -3.60. The van der Waals surface area contributed by atoms with Gasteiger partial charge < -0.3 is 5.32 Å². The monoisotopic (exact) mass is 601 g/mol. The van der Waals surface area contributed by atoms with Crippen LogP contribution in [0, 0.1) is 5.92 Å². The molecule has 1 N–H and O–H groups in total. The van der Waals surface area contributed by atoms with Crippen molar-refractivity contribution in [2.75, 3.05) is 25.0 Å². The SMILES string of the molecule is CC(=O)c1ccc(S(=O)(=O)N2CCC(CNc3cc(-c4ccccc4Cl)nc4c(Br)cnn34)CC2)cc1. The number of sulfonamides is 1. The molecule has 0 atom stereocenters. The van der Waals surface area contributed by atoms with E-state index in [0.717, 1.165) is 34.4 Å². The summed E-state index contributed by atoms with van der Waals surface area (Å²) < 4.78 is 30.2. The molecule has 192 valence electrons. The van der Waals surface area contributed by atoms with Crippen molar-refractivity contribution in [1.29, 1.82) is 0 Å². The molecule has 1 saturated heterocycles. The fraction of sp³-hybridized carbons (Fsp3) is 0.269. The van der Waals surface area contributed by atoms with Gasteiger partial charge in [-0.15, -0.1) is 0 Å². The highest BCUT2D eigenvalue weighted by Gasteiger charge is 2.29. The molecule has 11 heteroatoms. The lowest BCUT2D eigenvalue weighted by Crippen LogP contribution is -2.39. The van der Waals surface area contributed by atoms with Crippen LogP contribution < -0.4 is 5.32 Å². The largest absolute Gasteiger partial charge is 0.370 e. The van der Waals surface area contributed by atoms with Crippen LogP contribution in [0.5, 0.6) is 0 Å². The number of carbonyl (C=O) groups is 1. The van der Waals surface area contributed by atoms with E-state index in [1.807, 2.05) is 30.3 Å². The van der Waals surface area contributed by atoms with Crippen molar-refractivity contribution in [3.63, 3.8) is 0 Å². The number of aromatic nitrogens is 3. The highest BCUT2D eigenvalue weighted by Crippen LogP contribution is 2.31. The van der Waals surface area contributed by atoms with Gasteiger partial charge in [0, 0.05) is 41.9 Å². The highest BCUT2D eigenvalue weighted by atomic mass is 79.9. The molecule has 0 amide bonds.